The Bertz CT molecular complexity index is 514. The first-order chi connectivity index (χ1) is 9.58. The van der Waals surface area contributed by atoms with Crippen LogP contribution in [-0.4, -0.2) is 36.5 Å². The number of benzene rings is 1. The van der Waals surface area contributed by atoms with Crippen molar-refractivity contribution in [2.45, 2.75) is 19.4 Å². The summed E-state index contributed by atoms with van der Waals surface area (Å²) >= 11 is 0. The van der Waals surface area contributed by atoms with Crippen molar-refractivity contribution in [3.05, 3.63) is 35.4 Å². The highest BCUT2D eigenvalue weighted by Gasteiger charge is 2.43. The highest BCUT2D eigenvalue weighted by atomic mass is 19.1. The van der Waals surface area contributed by atoms with Crippen LogP contribution in [0.3, 0.4) is 0 Å². The maximum atomic E-state index is 13.6. The predicted octanol–water partition coefficient (Wildman–Crippen LogP) is 1.57. The van der Waals surface area contributed by atoms with Gasteiger partial charge >= 0.3 is 0 Å². The number of carbonyl (C=O) groups is 1. The van der Waals surface area contributed by atoms with Gasteiger partial charge in [0.25, 0.3) is 0 Å². The van der Waals surface area contributed by atoms with Crippen LogP contribution in [0.4, 0.5) is 8.78 Å². The van der Waals surface area contributed by atoms with E-state index in [1.165, 1.54) is 18.2 Å². The van der Waals surface area contributed by atoms with Gasteiger partial charge in [0.2, 0.25) is 5.91 Å². The highest BCUT2D eigenvalue weighted by Crippen LogP contribution is 2.32. The second-order valence-corrected chi connectivity index (χ2v) is 5.75. The first kappa shape index (κ1) is 13.5. The summed E-state index contributed by atoms with van der Waals surface area (Å²) in [5.41, 5.74) is -0.125. The van der Waals surface area contributed by atoms with Gasteiger partial charge in [-0.15, -0.1) is 0 Å². The third-order valence-corrected chi connectivity index (χ3v) is 4.64. The molecule has 3 unspecified atom stereocenters. The number of rotatable bonds is 2. The van der Waals surface area contributed by atoms with Crippen molar-refractivity contribution in [2.75, 3.05) is 19.6 Å². The van der Waals surface area contributed by atoms with E-state index >= 15 is 0 Å². The van der Waals surface area contributed by atoms with Gasteiger partial charge in [0.15, 0.2) is 0 Å². The molecule has 0 aromatic heterocycles. The molecule has 108 valence electrons. The molecule has 2 aliphatic rings. The molecule has 2 saturated heterocycles. The van der Waals surface area contributed by atoms with Crippen LogP contribution in [0.15, 0.2) is 18.2 Å². The lowest BCUT2D eigenvalue weighted by molar-refractivity contribution is -0.131. The third kappa shape index (κ3) is 2.20. The van der Waals surface area contributed by atoms with Crippen LogP contribution in [0.1, 0.15) is 12.5 Å². The minimum atomic E-state index is -0.646. The molecule has 20 heavy (non-hydrogen) atoms. The Labute approximate surface area is 117 Å². The fourth-order valence-electron chi connectivity index (χ4n) is 3.45. The molecule has 3 atom stereocenters. The molecule has 1 N–H and O–H groups in total. The first-order valence-electron chi connectivity index (χ1n) is 7.01. The number of nitrogens with zero attached hydrogens (tertiary/aromatic N) is 1. The number of carbonyl (C=O) groups excluding carboxylic acids is 1. The van der Waals surface area contributed by atoms with Gasteiger partial charge in [0.1, 0.15) is 11.6 Å². The van der Waals surface area contributed by atoms with E-state index in [1.807, 2.05) is 6.92 Å². The predicted molar refractivity (Wildman–Crippen MR) is 71.1 cm³/mol. The van der Waals surface area contributed by atoms with Crippen molar-refractivity contribution in [1.29, 1.82) is 0 Å². The van der Waals surface area contributed by atoms with Gasteiger partial charge in [-0.3, -0.25) is 4.79 Å². The van der Waals surface area contributed by atoms with Crippen molar-refractivity contribution in [3.63, 3.8) is 0 Å². The third-order valence-electron chi connectivity index (χ3n) is 4.64. The lowest BCUT2D eigenvalue weighted by Crippen LogP contribution is -2.39. The molecule has 0 aliphatic carbocycles. The van der Waals surface area contributed by atoms with Crippen LogP contribution >= 0.6 is 0 Å². The van der Waals surface area contributed by atoms with E-state index in [-0.39, 0.29) is 23.9 Å². The van der Waals surface area contributed by atoms with Crippen LogP contribution in [0.2, 0.25) is 0 Å². The number of hydrogen-bond donors (Lipinski definition) is 1. The minimum Gasteiger partial charge on any atom is -0.339 e. The SMILES string of the molecule is CC1C2CNCC2CN1C(=O)Cc1c(F)cccc1F. The molecule has 2 aliphatic heterocycles. The molecule has 0 saturated carbocycles. The van der Waals surface area contributed by atoms with Crippen LogP contribution in [-0.2, 0) is 11.2 Å². The number of hydrogen-bond acceptors (Lipinski definition) is 2. The topological polar surface area (TPSA) is 32.3 Å². The molecular weight excluding hydrogens is 262 g/mol. The van der Waals surface area contributed by atoms with Crippen LogP contribution in [0, 0.1) is 23.5 Å². The van der Waals surface area contributed by atoms with Crippen molar-refractivity contribution < 1.29 is 13.6 Å². The molecular formula is C15H18F2N2O. The van der Waals surface area contributed by atoms with E-state index < -0.39 is 11.6 Å². The van der Waals surface area contributed by atoms with Gasteiger partial charge in [0, 0.05) is 31.2 Å². The molecule has 2 heterocycles. The number of amides is 1. The Morgan fingerprint density at radius 3 is 2.70 bits per heavy atom. The summed E-state index contributed by atoms with van der Waals surface area (Å²) in [6.45, 7) is 4.55. The molecule has 3 rings (SSSR count). The van der Waals surface area contributed by atoms with Crippen LogP contribution in [0.5, 0.6) is 0 Å². The van der Waals surface area contributed by atoms with E-state index in [9.17, 15) is 13.6 Å². The monoisotopic (exact) mass is 280 g/mol. The first-order valence-corrected chi connectivity index (χ1v) is 7.01. The average Bonchev–Trinajstić information content (AvgIpc) is 2.97. The van der Waals surface area contributed by atoms with Gasteiger partial charge in [-0.2, -0.15) is 0 Å². The summed E-state index contributed by atoms with van der Waals surface area (Å²) in [6, 6.07) is 3.83. The normalized spacial score (nSPS) is 28.8. The zero-order chi connectivity index (χ0) is 14.3. The second kappa shape index (κ2) is 5.13. The largest absolute Gasteiger partial charge is 0.339 e. The maximum Gasteiger partial charge on any atom is 0.227 e. The van der Waals surface area contributed by atoms with E-state index in [1.54, 1.807) is 4.90 Å². The molecule has 0 bridgehead atoms. The molecule has 1 aromatic carbocycles. The summed E-state index contributed by atoms with van der Waals surface area (Å²) in [7, 11) is 0. The lowest BCUT2D eigenvalue weighted by Gasteiger charge is -2.24. The smallest absolute Gasteiger partial charge is 0.227 e. The Morgan fingerprint density at radius 1 is 1.35 bits per heavy atom. The Hall–Kier alpha value is -1.49. The van der Waals surface area contributed by atoms with Crippen molar-refractivity contribution in [1.82, 2.24) is 10.2 Å². The molecule has 2 fully saturated rings. The number of halogens is 2. The maximum absolute atomic E-state index is 13.6. The fraction of sp³-hybridized carbons (Fsp3) is 0.533. The Morgan fingerprint density at radius 2 is 2.05 bits per heavy atom. The quantitative estimate of drug-likeness (QED) is 0.892. The fourth-order valence-corrected chi connectivity index (χ4v) is 3.45. The zero-order valence-corrected chi connectivity index (χ0v) is 11.4. The Balaban J connectivity index is 1.74. The average molecular weight is 280 g/mol. The van der Waals surface area contributed by atoms with Gasteiger partial charge in [-0.1, -0.05) is 6.07 Å². The van der Waals surface area contributed by atoms with E-state index in [0.717, 1.165) is 13.1 Å². The number of fused-ring (bicyclic) bond motifs is 1. The van der Waals surface area contributed by atoms with E-state index in [2.05, 4.69) is 5.32 Å². The molecule has 1 amide bonds. The molecule has 0 spiro atoms. The van der Waals surface area contributed by atoms with E-state index in [4.69, 9.17) is 0 Å². The number of likely N-dealkylation sites (tertiary alicyclic amines) is 1. The summed E-state index contributed by atoms with van der Waals surface area (Å²) < 4.78 is 27.2. The van der Waals surface area contributed by atoms with Gasteiger partial charge in [-0.05, 0) is 30.9 Å². The van der Waals surface area contributed by atoms with Crippen molar-refractivity contribution in [2.24, 2.45) is 11.8 Å². The summed E-state index contributed by atoms with van der Waals surface area (Å²) in [5, 5.41) is 3.32. The van der Waals surface area contributed by atoms with Crippen LogP contribution in [0.25, 0.3) is 0 Å². The second-order valence-electron chi connectivity index (χ2n) is 5.75. The van der Waals surface area contributed by atoms with Crippen LogP contribution < -0.4 is 5.32 Å². The molecule has 5 heteroatoms. The molecule has 1 aromatic rings. The number of nitrogens with one attached hydrogen (secondary N) is 1. The van der Waals surface area contributed by atoms with Crippen molar-refractivity contribution >= 4 is 5.91 Å². The van der Waals surface area contributed by atoms with E-state index in [0.29, 0.717) is 18.4 Å². The van der Waals surface area contributed by atoms with Gasteiger partial charge in [-0.25, -0.2) is 8.78 Å². The summed E-state index contributed by atoms with van der Waals surface area (Å²) in [4.78, 5) is 14.1. The minimum absolute atomic E-state index is 0.125. The summed E-state index contributed by atoms with van der Waals surface area (Å²) in [6.07, 6.45) is -0.199. The Kier molecular flexibility index (Phi) is 3.46. The highest BCUT2D eigenvalue weighted by molar-refractivity contribution is 5.79. The molecule has 3 nitrogen and oxygen atoms in total. The van der Waals surface area contributed by atoms with Gasteiger partial charge < -0.3 is 10.2 Å². The summed E-state index contributed by atoms with van der Waals surface area (Å²) in [5.74, 6) is -0.543. The lowest BCUT2D eigenvalue weighted by atomic mass is 9.95. The molecule has 0 radical (unpaired) electrons. The van der Waals surface area contributed by atoms with Crippen molar-refractivity contribution in [3.8, 4) is 0 Å². The van der Waals surface area contributed by atoms with Gasteiger partial charge in [0.05, 0.1) is 6.42 Å². The zero-order valence-electron chi connectivity index (χ0n) is 11.4. The standard InChI is InChI=1S/C15H18F2N2O/c1-9-12-7-18-6-10(12)8-19(9)15(20)5-11-13(16)3-2-4-14(11)17/h2-4,9-10,12,18H,5-8H2,1H3.